The standard InChI is InChI=1S/C13H19N3S/c1-9(2)6-10(14-3)7-12-11-4-5-17-13(11)16-8-15-12/h4-5,8-10,14H,6-7H2,1-3H3. The molecule has 2 aromatic heterocycles. The van der Waals surface area contributed by atoms with E-state index in [2.05, 4.69) is 40.6 Å². The molecule has 2 heterocycles. The van der Waals surface area contributed by atoms with Gasteiger partial charge in [0.1, 0.15) is 11.2 Å². The van der Waals surface area contributed by atoms with Crippen molar-refractivity contribution < 1.29 is 0 Å². The number of hydrogen-bond acceptors (Lipinski definition) is 4. The molecule has 0 radical (unpaired) electrons. The van der Waals surface area contributed by atoms with Crippen molar-refractivity contribution in [3.8, 4) is 0 Å². The lowest BCUT2D eigenvalue weighted by molar-refractivity contribution is 0.439. The van der Waals surface area contributed by atoms with Gasteiger partial charge >= 0.3 is 0 Å². The lowest BCUT2D eigenvalue weighted by Gasteiger charge is -2.18. The lowest BCUT2D eigenvalue weighted by Crippen LogP contribution is -2.29. The average Bonchev–Trinajstić information content (AvgIpc) is 2.76. The van der Waals surface area contributed by atoms with Crippen molar-refractivity contribution in [3.05, 3.63) is 23.5 Å². The van der Waals surface area contributed by atoms with E-state index in [0.717, 1.165) is 16.9 Å². The summed E-state index contributed by atoms with van der Waals surface area (Å²) in [5.41, 5.74) is 1.16. The molecule has 0 amide bonds. The predicted molar refractivity (Wildman–Crippen MR) is 73.4 cm³/mol. The number of aromatic nitrogens is 2. The van der Waals surface area contributed by atoms with Gasteiger partial charge in [0.05, 0.1) is 5.69 Å². The maximum atomic E-state index is 4.43. The van der Waals surface area contributed by atoms with Gasteiger partial charge in [0.2, 0.25) is 0 Å². The molecular weight excluding hydrogens is 230 g/mol. The van der Waals surface area contributed by atoms with Crippen LogP contribution in [0.25, 0.3) is 10.2 Å². The molecule has 92 valence electrons. The topological polar surface area (TPSA) is 37.8 Å². The van der Waals surface area contributed by atoms with Crippen LogP contribution in [0.4, 0.5) is 0 Å². The summed E-state index contributed by atoms with van der Waals surface area (Å²) in [5, 5.41) is 6.67. The van der Waals surface area contributed by atoms with Crippen molar-refractivity contribution >= 4 is 21.6 Å². The first kappa shape index (κ1) is 12.5. The Bertz CT molecular complexity index is 478. The van der Waals surface area contributed by atoms with Gasteiger partial charge in [-0.05, 0) is 30.8 Å². The van der Waals surface area contributed by atoms with E-state index < -0.39 is 0 Å². The Hall–Kier alpha value is -1.00. The monoisotopic (exact) mass is 249 g/mol. The second-order valence-electron chi connectivity index (χ2n) is 4.78. The van der Waals surface area contributed by atoms with Crippen molar-refractivity contribution in [2.75, 3.05) is 7.05 Å². The van der Waals surface area contributed by atoms with Gasteiger partial charge in [-0.25, -0.2) is 9.97 Å². The molecule has 2 aromatic rings. The van der Waals surface area contributed by atoms with Gasteiger partial charge in [0.25, 0.3) is 0 Å². The summed E-state index contributed by atoms with van der Waals surface area (Å²) in [6, 6.07) is 2.62. The van der Waals surface area contributed by atoms with E-state index in [1.165, 1.54) is 11.8 Å². The Labute approximate surface area is 106 Å². The molecule has 4 heteroatoms. The largest absolute Gasteiger partial charge is 0.317 e. The van der Waals surface area contributed by atoms with Gasteiger partial charge in [-0.15, -0.1) is 11.3 Å². The van der Waals surface area contributed by atoms with E-state index >= 15 is 0 Å². The summed E-state index contributed by atoms with van der Waals surface area (Å²) in [6.45, 7) is 4.51. The number of nitrogens with one attached hydrogen (secondary N) is 1. The maximum Gasteiger partial charge on any atom is 0.126 e. The third kappa shape index (κ3) is 3.01. The SMILES string of the molecule is CNC(Cc1ncnc2sccc12)CC(C)C. The minimum Gasteiger partial charge on any atom is -0.317 e. The van der Waals surface area contributed by atoms with Gasteiger partial charge in [-0.2, -0.15) is 0 Å². The van der Waals surface area contributed by atoms with Crippen LogP contribution in [0.2, 0.25) is 0 Å². The molecule has 0 spiro atoms. The molecule has 1 unspecified atom stereocenters. The number of fused-ring (bicyclic) bond motifs is 1. The van der Waals surface area contributed by atoms with Crippen LogP contribution >= 0.6 is 11.3 Å². The normalized spacial score (nSPS) is 13.4. The van der Waals surface area contributed by atoms with Crippen LogP contribution in [0.15, 0.2) is 17.8 Å². The summed E-state index contributed by atoms with van der Waals surface area (Å²) in [7, 11) is 2.03. The molecule has 0 aliphatic heterocycles. The first-order valence-electron chi connectivity index (χ1n) is 6.05. The minimum absolute atomic E-state index is 0.494. The van der Waals surface area contributed by atoms with Crippen LogP contribution in [0.3, 0.4) is 0 Å². The fraction of sp³-hybridized carbons (Fsp3) is 0.538. The Balaban J connectivity index is 2.19. The smallest absolute Gasteiger partial charge is 0.126 e. The van der Waals surface area contributed by atoms with E-state index in [1.807, 2.05) is 7.05 Å². The fourth-order valence-electron chi connectivity index (χ4n) is 2.11. The fourth-order valence-corrected chi connectivity index (χ4v) is 2.86. The second-order valence-corrected chi connectivity index (χ2v) is 5.67. The van der Waals surface area contributed by atoms with Crippen LogP contribution in [0, 0.1) is 5.92 Å². The van der Waals surface area contributed by atoms with E-state index in [9.17, 15) is 0 Å². The maximum absolute atomic E-state index is 4.43. The zero-order chi connectivity index (χ0) is 12.3. The van der Waals surface area contributed by atoms with Gasteiger partial charge in [0.15, 0.2) is 0 Å². The number of rotatable bonds is 5. The van der Waals surface area contributed by atoms with Gasteiger partial charge in [-0.1, -0.05) is 13.8 Å². The molecular formula is C13H19N3S. The minimum atomic E-state index is 0.494. The molecule has 1 N–H and O–H groups in total. The highest BCUT2D eigenvalue weighted by Crippen LogP contribution is 2.22. The van der Waals surface area contributed by atoms with E-state index in [0.29, 0.717) is 12.0 Å². The zero-order valence-electron chi connectivity index (χ0n) is 10.6. The second kappa shape index (κ2) is 5.56. The highest BCUT2D eigenvalue weighted by molar-refractivity contribution is 7.16. The summed E-state index contributed by atoms with van der Waals surface area (Å²) < 4.78 is 0. The molecule has 3 nitrogen and oxygen atoms in total. The first-order valence-corrected chi connectivity index (χ1v) is 6.93. The molecule has 0 aromatic carbocycles. The third-order valence-corrected chi connectivity index (χ3v) is 3.77. The molecule has 0 aliphatic carbocycles. The van der Waals surface area contributed by atoms with Crippen molar-refractivity contribution in [3.63, 3.8) is 0 Å². The summed E-state index contributed by atoms with van der Waals surface area (Å²) in [4.78, 5) is 9.80. The molecule has 1 atom stereocenters. The van der Waals surface area contributed by atoms with E-state index in [4.69, 9.17) is 0 Å². The first-order chi connectivity index (χ1) is 8.20. The van der Waals surface area contributed by atoms with E-state index in [1.54, 1.807) is 17.7 Å². The Morgan fingerprint density at radius 1 is 1.35 bits per heavy atom. The average molecular weight is 249 g/mol. The number of thiophene rings is 1. The quantitative estimate of drug-likeness (QED) is 0.885. The number of nitrogens with zero attached hydrogens (tertiary/aromatic N) is 2. The van der Waals surface area contributed by atoms with Crippen molar-refractivity contribution in [1.82, 2.24) is 15.3 Å². The van der Waals surface area contributed by atoms with Crippen molar-refractivity contribution in [2.24, 2.45) is 5.92 Å². The number of hydrogen-bond donors (Lipinski definition) is 1. The van der Waals surface area contributed by atoms with E-state index in [-0.39, 0.29) is 0 Å². The Kier molecular flexibility index (Phi) is 4.07. The molecule has 0 fully saturated rings. The van der Waals surface area contributed by atoms with Crippen molar-refractivity contribution in [1.29, 1.82) is 0 Å². The van der Waals surface area contributed by atoms with Crippen LogP contribution < -0.4 is 5.32 Å². The highest BCUT2D eigenvalue weighted by Gasteiger charge is 2.13. The summed E-state index contributed by atoms with van der Waals surface area (Å²) in [6.07, 6.45) is 3.83. The summed E-state index contributed by atoms with van der Waals surface area (Å²) >= 11 is 1.68. The molecule has 17 heavy (non-hydrogen) atoms. The lowest BCUT2D eigenvalue weighted by atomic mass is 9.99. The van der Waals surface area contributed by atoms with Gasteiger partial charge < -0.3 is 5.32 Å². The van der Waals surface area contributed by atoms with Crippen LogP contribution in [0.5, 0.6) is 0 Å². The Morgan fingerprint density at radius 3 is 2.88 bits per heavy atom. The Morgan fingerprint density at radius 2 is 2.18 bits per heavy atom. The molecule has 0 saturated carbocycles. The van der Waals surface area contributed by atoms with Crippen LogP contribution in [-0.2, 0) is 6.42 Å². The van der Waals surface area contributed by atoms with Gasteiger partial charge in [-0.3, -0.25) is 0 Å². The molecule has 0 saturated heterocycles. The third-order valence-electron chi connectivity index (χ3n) is 2.95. The van der Waals surface area contributed by atoms with Gasteiger partial charge in [0, 0.05) is 17.8 Å². The van der Waals surface area contributed by atoms with Crippen LogP contribution in [-0.4, -0.2) is 23.1 Å². The zero-order valence-corrected chi connectivity index (χ0v) is 11.4. The summed E-state index contributed by atoms with van der Waals surface area (Å²) in [5.74, 6) is 0.701. The predicted octanol–water partition coefficient (Wildman–Crippen LogP) is 2.87. The van der Waals surface area contributed by atoms with Crippen molar-refractivity contribution in [2.45, 2.75) is 32.7 Å². The van der Waals surface area contributed by atoms with Crippen LogP contribution in [0.1, 0.15) is 26.0 Å². The number of likely N-dealkylation sites (N-methyl/N-ethyl adjacent to an activating group) is 1. The molecule has 2 rings (SSSR count). The molecule has 0 bridgehead atoms. The highest BCUT2D eigenvalue weighted by atomic mass is 32.1. The molecule has 0 aliphatic rings.